The summed E-state index contributed by atoms with van der Waals surface area (Å²) in [5.41, 5.74) is -3.92. The summed E-state index contributed by atoms with van der Waals surface area (Å²) < 4.78 is 223. The van der Waals surface area contributed by atoms with Gasteiger partial charge in [0.05, 0.1) is 56.3 Å². The Hall–Kier alpha value is -6.64. The fraction of sp³-hybridized carbons (Fsp3) is 0. The summed E-state index contributed by atoms with van der Waals surface area (Å²) in [6.07, 6.45) is 0. The van der Waals surface area contributed by atoms with Crippen LogP contribution in [0.4, 0.5) is 0 Å². The third kappa shape index (κ3) is 4.57. The zero-order valence-corrected chi connectivity index (χ0v) is 25.4. The van der Waals surface area contributed by atoms with Crippen LogP contribution < -0.4 is 0 Å². The number of fused-ring (bicyclic) bond motifs is 6. The Morgan fingerprint density at radius 1 is 0.320 bits per heavy atom. The van der Waals surface area contributed by atoms with Crippen molar-refractivity contribution >= 4 is 43.6 Å². The molecule has 0 amide bonds. The summed E-state index contributed by atoms with van der Waals surface area (Å²) in [5, 5.41) is 0.0685. The molecule has 234 valence electrons. The van der Waals surface area contributed by atoms with Crippen molar-refractivity contribution in [3.8, 4) is 44.8 Å². The van der Waals surface area contributed by atoms with Gasteiger partial charge in [0.2, 0.25) is 0 Å². The minimum Gasteiger partial charge on any atom is -0.309 e. The van der Waals surface area contributed by atoms with Crippen LogP contribution in [0.25, 0.3) is 88.4 Å². The van der Waals surface area contributed by atoms with Crippen LogP contribution in [0.2, 0.25) is 0 Å². The molecule has 0 saturated carbocycles. The molecule has 0 aliphatic heterocycles. The molecule has 0 saturated heterocycles. The third-order valence-corrected chi connectivity index (χ3v) is 8.29. The fourth-order valence-electron chi connectivity index (χ4n) is 6.12. The Morgan fingerprint density at radius 3 is 1.74 bits per heavy atom. The van der Waals surface area contributed by atoms with E-state index >= 15 is 0 Å². The van der Waals surface area contributed by atoms with Gasteiger partial charge >= 0.3 is 0 Å². The van der Waals surface area contributed by atoms with Crippen molar-refractivity contribution in [3.05, 3.63) is 194 Å². The van der Waals surface area contributed by atoms with Gasteiger partial charge in [0, 0.05) is 32.9 Å². The van der Waals surface area contributed by atoms with Crippen LogP contribution in [0.5, 0.6) is 0 Å². The standard InChI is InChI=1S/C48H32N2/c1-3-12-33(13-4-1)35-22-26-39(27-23-35)49-45-20-9-7-18-41(45)43-31-37(24-28-47(43)49)38-25-29-48-44(32-38)42-19-8-10-21-46(42)50(48)40-17-11-16-36(30-40)34-14-5-2-6-15-34/h1-32H/i1D,2D,3D,4D,5D,6D,8D,10D,11D,12D,13D,14D,15D,16D,17D,19D,21D,22D,23D,25D,26D,27D,29D,30D,32D. The van der Waals surface area contributed by atoms with Crippen LogP contribution in [0.15, 0.2) is 194 Å². The smallest absolute Gasteiger partial charge is 0.0651 e. The summed E-state index contributed by atoms with van der Waals surface area (Å²) >= 11 is 0. The SMILES string of the molecule is [2H]c1c([2H])c([2H])c(-c2c([2H])c([2H])c(-n3c4ccccc4c4cc(-c5c([2H])c([2H])c6c(c5[2H])c5c([2H])c([2H])c([2H])c([2H])c5n6-c5c([2H])c([2H])c([2H])c(-c6c([2H])c([2H])c([2H])c([2H])c6[2H])c5[2H])ccc43)c([2H])c2[2H])c([2H])c1[2H]. The lowest BCUT2D eigenvalue weighted by atomic mass is 10.0. The summed E-state index contributed by atoms with van der Waals surface area (Å²) in [7, 11) is 0. The molecule has 0 radical (unpaired) electrons. The van der Waals surface area contributed by atoms with E-state index in [1.54, 1.807) is 24.3 Å². The van der Waals surface area contributed by atoms with E-state index in [0.717, 1.165) is 4.57 Å². The molecule has 0 fully saturated rings. The second-order valence-corrected chi connectivity index (χ2v) is 11.1. The molecule has 8 aromatic carbocycles. The Labute approximate surface area is 325 Å². The fourth-order valence-corrected chi connectivity index (χ4v) is 6.12. The minimum absolute atomic E-state index is 0.103. The van der Waals surface area contributed by atoms with Crippen molar-refractivity contribution in [1.29, 1.82) is 0 Å². The minimum atomic E-state index is -0.926. The lowest BCUT2D eigenvalue weighted by Gasteiger charge is -2.11. The molecule has 2 nitrogen and oxygen atoms in total. The molecular formula is C48H32N2. The van der Waals surface area contributed by atoms with E-state index in [-0.39, 0.29) is 27.7 Å². The molecule has 0 N–H and O–H groups in total. The third-order valence-electron chi connectivity index (χ3n) is 8.29. The quantitative estimate of drug-likeness (QED) is 0.174. The van der Waals surface area contributed by atoms with Crippen LogP contribution in [-0.4, -0.2) is 9.13 Å². The number of nitrogens with zero attached hydrogens (tertiary/aromatic N) is 2. The van der Waals surface area contributed by atoms with Crippen molar-refractivity contribution in [2.24, 2.45) is 0 Å². The van der Waals surface area contributed by atoms with E-state index in [4.69, 9.17) is 26.0 Å². The molecule has 0 aliphatic carbocycles. The van der Waals surface area contributed by atoms with Crippen LogP contribution in [0.3, 0.4) is 0 Å². The molecular weight excluding hydrogens is 605 g/mol. The van der Waals surface area contributed by atoms with Gasteiger partial charge in [0.1, 0.15) is 0 Å². The first-order chi connectivity index (χ1) is 35.2. The van der Waals surface area contributed by atoms with E-state index in [1.807, 2.05) is 0 Å². The average Bonchev–Trinajstić information content (AvgIpc) is 3.91. The second-order valence-electron chi connectivity index (χ2n) is 11.1. The Morgan fingerprint density at radius 2 is 0.920 bits per heavy atom. The molecule has 2 aromatic heterocycles. The van der Waals surface area contributed by atoms with Crippen LogP contribution in [-0.2, 0) is 0 Å². The maximum absolute atomic E-state index is 9.82. The van der Waals surface area contributed by atoms with Gasteiger partial charge in [0.25, 0.3) is 0 Å². The van der Waals surface area contributed by atoms with E-state index < -0.39 is 195 Å². The summed E-state index contributed by atoms with van der Waals surface area (Å²) in [4.78, 5) is 0. The van der Waals surface area contributed by atoms with Crippen molar-refractivity contribution in [3.63, 3.8) is 0 Å². The van der Waals surface area contributed by atoms with Gasteiger partial charge in [-0.3, -0.25) is 0 Å². The molecule has 0 bridgehead atoms. The number of aromatic nitrogens is 2. The molecule has 10 rings (SSSR count). The molecule has 50 heavy (non-hydrogen) atoms. The molecule has 2 heteroatoms. The Bertz CT molecular complexity index is 4220. The monoisotopic (exact) mass is 661 g/mol. The van der Waals surface area contributed by atoms with Crippen LogP contribution >= 0.6 is 0 Å². The molecule has 0 spiro atoms. The number of rotatable bonds is 5. The molecule has 0 unspecified atom stereocenters. The lowest BCUT2D eigenvalue weighted by molar-refractivity contribution is 1.18. The highest BCUT2D eigenvalue weighted by Crippen LogP contribution is 2.39. The predicted octanol–water partition coefficient (Wildman–Crippen LogP) is 12.9. The van der Waals surface area contributed by atoms with Gasteiger partial charge in [-0.1, -0.05) is 133 Å². The van der Waals surface area contributed by atoms with E-state index in [1.165, 1.54) is 22.8 Å². The highest BCUT2D eigenvalue weighted by Gasteiger charge is 2.16. The zero-order valence-electron chi connectivity index (χ0n) is 50.4. The highest BCUT2D eigenvalue weighted by atomic mass is 15.0. The van der Waals surface area contributed by atoms with Gasteiger partial charge in [-0.05, 0) is 93.9 Å². The van der Waals surface area contributed by atoms with E-state index in [9.17, 15) is 8.22 Å². The predicted molar refractivity (Wildman–Crippen MR) is 211 cm³/mol. The van der Waals surface area contributed by atoms with Gasteiger partial charge in [-0.25, -0.2) is 0 Å². The normalized spacial score (nSPS) is 18.6. The van der Waals surface area contributed by atoms with Crippen molar-refractivity contribution in [2.75, 3.05) is 0 Å². The van der Waals surface area contributed by atoms with Crippen LogP contribution in [0.1, 0.15) is 34.3 Å². The first kappa shape index (κ1) is 13.0. The van der Waals surface area contributed by atoms with Crippen molar-refractivity contribution < 1.29 is 34.3 Å². The van der Waals surface area contributed by atoms with E-state index in [0.29, 0.717) is 16.3 Å². The number of benzene rings is 8. The second kappa shape index (κ2) is 11.5. The Kier molecular flexibility index (Phi) is 2.99. The molecule has 0 aliphatic rings. The lowest BCUT2D eigenvalue weighted by Crippen LogP contribution is -1.94. The van der Waals surface area contributed by atoms with Crippen LogP contribution in [0, 0.1) is 0 Å². The summed E-state index contributed by atoms with van der Waals surface area (Å²) in [6, 6.07) is -8.06. The number of hydrogen-bond acceptors (Lipinski definition) is 0. The topological polar surface area (TPSA) is 9.86 Å². The first-order valence-corrected chi connectivity index (χ1v) is 15.2. The highest BCUT2D eigenvalue weighted by molar-refractivity contribution is 6.12. The number of hydrogen-bond donors (Lipinski definition) is 0. The maximum atomic E-state index is 9.82. The largest absolute Gasteiger partial charge is 0.309 e. The first-order valence-electron chi connectivity index (χ1n) is 27.7. The molecule has 10 aromatic rings. The van der Waals surface area contributed by atoms with Crippen molar-refractivity contribution in [1.82, 2.24) is 9.13 Å². The van der Waals surface area contributed by atoms with Gasteiger partial charge in [-0.2, -0.15) is 0 Å². The maximum Gasteiger partial charge on any atom is 0.0651 e. The van der Waals surface area contributed by atoms with Gasteiger partial charge in [0.15, 0.2) is 0 Å². The average molecular weight is 662 g/mol. The van der Waals surface area contributed by atoms with Crippen molar-refractivity contribution in [2.45, 2.75) is 0 Å². The summed E-state index contributed by atoms with van der Waals surface area (Å²) in [6.45, 7) is 0. The van der Waals surface area contributed by atoms with Gasteiger partial charge < -0.3 is 9.13 Å². The Balaban J connectivity index is 1.27. The summed E-state index contributed by atoms with van der Waals surface area (Å²) in [5.74, 6) is 0. The zero-order chi connectivity index (χ0) is 54.8. The van der Waals surface area contributed by atoms with Gasteiger partial charge in [-0.15, -0.1) is 0 Å². The van der Waals surface area contributed by atoms with E-state index in [2.05, 4.69) is 0 Å². The number of para-hydroxylation sites is 2. The molecule has 2 heterocycles. The molecule has 0 atom stereocenters.